The van der Waals surface area contributed by atoms with Gasteiger partial charge in [0.2, 0.25) is 5.91 Å². The summed E-state index contributed by atoms with van der Waals surface area (Å²) in [5.41, 5.74) is 1.42. The number of aromatic nitrogens is 3. The number of carbonyl (C=O) groups excluding carboxylic acids is 2. The van der Waals surface area contributed by atoms with Gasteiger partial charge in [0.05, 0.1) is 17.1 Å². The van der Waals surface area contributed by atoms with Gasteiger partial charge in [0, 0.05) is 24.3 Å². The van der Waals surface area contributed by atoms with E-state index in [0.717, 1.165) is 5.39 Å². The van der Waals surface area contributed by atoms with E-state index in [1.807, 2.05) is 30.3 Å². The Balaban J connectivity index is 1.69. The molecule has 0 fully saturated rings. The summed E-state index contributed by atoms with van der Waals surface area (Å²) >= 11 is 0. The number of hydrogen-bond donors (Lipinski definition) is 2. The predicted octanol–water partition coefficient (Wildman–Crippen LogP) is 2.47. The number of aliphatic hydroxyl groups is 1. The molecule has 0 saturated heterocycles. The first-order valence-corrected chi connectivity index (χ1v) is 10.9. The molecule has 34 heavy (non-hydrogen) atoms. The van der Waals surface area contributed by atoms with Crippen LogP contribution in [0.5, 0.6) is 0 Å². The van der Waals surface area contributed by atoms with Crippen LogP contribution in [0.1, 0.15) is 22.8 Å². The van der Waals surface area contributed by atoms with Gasteiger partial charge in [0.15, 0.2) is 11.9 Å². The molecule has 2 atom stereocenters. The van der Waals surface area contributed by atoms with E-state index >= 15 is 0 Å². The first-order chi connectivity index (χ1) is 16.5. The van der Waals surface area contributed by atoms with Crippen LogP contribution in [0.4, 0.5) is 0 Å². The fraction of sp³-hybridized carbons (Fsp3) is 0.200. The zero-order valence-electron chi connectivity index (χ0n) is 18.5. The van der Waals surface area contributed by atoms with Crippen molar-refractivity contribution in [3.05, 3.63) is 95.5 Å². The Morgan fingerprint density at radius 2 is 1.82 bits per heavy atom. The van der Waals surface area contributed by atoms with Crippen LogP contribution < -0.4 is 5.32 Å². The summed E-state index contributed by atoms with van der Waals surface area (Å²) < 4.78 is 1.44. The summed E-state index contributed by atoms with van der Waals surface area (Å²) in [4.78, 5) is 30.0. The van der Waals surface area contributed by atoms with Gasteiger partial charge in [-0.05, 0) is 37.1 Å². The number of amides is 2. The number of nitrogens with zero attached hydrogens (tertiary/aromatic N) is 4. The monoisotopic (exact) mass is 458 g/mol. The number of rotatable bonds is 8. The number of benzene rings is 2. The second kappa shape index (κ2) is 10.2. The van der Waals surface area contributed by atoms with Crippen LogP contribution in [-0.2, 0) is 11.2 Å². The fourth-order valence-corrected chi connectivity index (χ4v) is 3.72. The van der Waals surface area contributed by atoms with E-state index in [1.54, 1.807) is 43.5 Å². The Hall–Kier alpha value is -4.08. The Morgan fingerprint density at radius 3 is 2.56 bits per heavy atom. The first-order valence-electron chi connectivity index (χ1n) is 10.9. The molecular formula is C25H24N5O4-. The molecule has 4 aromatic rings. The fourth-order valence-electron chi connectivity index (χ4n) is 3.72. The Bertz CT molecular complexity index is 1260. The van der Waals surface area contributed by atoms with Crippen molar-refractivity contribution in [3.63, 3.8) is 0 Å². The first kappa shape index (κ1) is 23.1. The van der Waals surface area contributed by atoms with Crippen molar-refractivity contribution in [2.45, 2.75) is 25.5 Å². The van der Waals surface area contributed by atoms with E-state index in [9.17, 15) is 19.9 Å². The second-order valence-electron chi connectivity index (χ2n) is 7.73. The van der Waals surface area contributed by atoms with Crippen molar-refractivity contribution in [1.29, 1.82) is 0 Å². The van der Waals surface area contributed by atoms with Crippen LogP contribution in [0.25, 0.3) is 16.7 Å². The van der Waals surface area contributed by atoms with Gasteiger partial charge in [-0.3, -0.25) is 9.59 Å². The molecular weight excluding hydrogens is 434 g/mol. The number of likely N-dealkylation sites (N-methyl/N-ethyl adjacent to an activating group) is 1. The molecule has 9 heteroatoms. The molecule has 0 aliphatic rings. The highest BCUT2D eigenvalue weighted by Crippen LogP contribution is 2.21. The van der Waals surface area contributed by atoms with Crippen LogP contribution in [-0.4, -0.2) is 55.4 Å². The van der Waals surface area contributed by atoms with Gasteiger partial charge in [0.25, 0.3) is 5.91 Å². The van der Waals surface area contributed by atoms with Gasteiger partial charge in [-0.25, -0.2) is 9.67 Å². The zero-order valence-corrected chi connectivity index (χ0v) is 18.5. The SMILES string of the molecule is CCNC(=O)C(O)C(Cc1ccccc1)N([O-])C(=O)c1cccnc1-n1cc2ccccc2n1. The summed E-state index contributed by atoms with van der Waals surface area (Å²) in [6.45, 7) is 1.98. The second-order valence-corrected chi connectivity index (χ2v) is 7.73. The lowest BCUT2D eigenvalue weighted by atomic mass is 9.99. The maximum Gasteiger partial charge on any atom is 0.250 e. The van der Waals surface area contributed by atoms with Gasteiger partial charge in [-0.1, -0.05) is 48.5 Å². The van der Waals surface area contributed by atoms with E-state index in [4.69, 9.17) is 0 Å². The summed E-state index contributed by atoms with van der Waals surface area (Å²) in [5, 5.41) is 32.0. The van der Waals surface area contributed by atoms with Gasteiger partial charge >= 0.3 is 0 Å². The highest BCUT2D eigenvalue weighted by Gasteiger charge is 2.31. The Kier molecular flexibility index (Phi) is 6.95. The predicted molar refractivity (Wildman–Crippen MR) is 127 cm³/mol. The Labute approximate surface area is 196 Å². The normalized spacial score (nSPS) is 12.8. The average molecular weight is 458 g/mol. The summed E-state index contributed by atoms with van der Waals surface area (Å²) in [6.07, 6.45) is 1.50. The van der Waals surface area contributed by atoms with Crippen molar-refractivity contribution in [2.75, 3.05) is 6.54 Å². The maximum absolute atomic E-state index is 13.4. The van der Waals surface area contributed by atoms with Crippen LogP contribution in [0.2, 0.25) is 0 Å². The lowest BCUT2D eigenvalue weighted by molar-refractivity contribution is -0.131. The van der Waals surface area contributed by atoms with Gasteiger partial charge in [-0.2, -0.15) is 5.10 Å². The van der Waals surface area contributed by atoms with Crippen molar-refractivity contribution in [2.24, 2.45) is 0 Å². The van der Waals surface area contributed by atoms with Gasteiger partial charge < -0.3 is 20.7 Å². The van der Waals surface area contributed by atoms with Gasteiger partial charge in [0.1, 0.15) is 0 Å². The van der Waals surface area contributed by atoms with Gasteiger partial charge in [-0.15, -0.1) is 0 Å². The summed E-state index contributed by atoms with van der Waals surface area (Å²) in [6, 6.07) is 18.0. The highest BCUT2D eigenvalue weighted by atomic mass is 16.5. The lowest BCUT2D eigenvalue weighted by Gasteiger charge is -2.39. The van der Waals surface area contributed by atoms with Crippen molar-refractivity contribution in [1.82, 2.24) is 25.1 Å². The van der Waals surface area contributed by atoms with Crippen LogP contribution in [0.3, 0.4) is 0 Å². The van der Waals surface area contributed by atoms with Crippen LogP contribution >= 0.6 is 0 Å². The molecule has 2 aromatic carbocycles. The van der Waals surface area contributed by atoms with Crippen LogP contribution in [0.15, 0.2) is 79.1 Å². The molecule has 2 unspecified atom stereocenters. The molecule has 2 aromatic heterocycles. The van der Waals surface area contributed by atoms with E-state index < -0.39 is 24.0 Å². The summed E-state index contributed by atoms with van der Waals surface area (Å²) in [7, 11) is 0. The number of hydroxylamine groups is 2. The Morgan fingerprint density at radius 1 is 1.09 bits per heavy atom. The quantitative estimate of drug-likeness (QED) is 0.391. The number of fused-ring (bicyclic) bond motifs is 1. The molecule has 2 N–H and O–H groups in total. The molecule has 0 radical (unpaired) electrons. The maximum atomic E-state index is 13.4. The molecule has 2 heterocycles. The molecule has 0 aliphatic heterocycles. The third-order valence-electron chi connectivity index (χ3n) is 5.42. The molecule has 0 saturated carbocycles. The minimum atomic E-state index is -1.71. The van der Waals surface area contributed by atoms with Crippen molar-refractivity contribution in [3.8, 4) is 5.82 Å². The molecule has 2 amide bonds. The molecule has 174 valence electrons. The lowest BCUT2D eigenvalue weighted by Crippen LogP contribution is -2.51. The minimum absolute atomic E-state index is 0.00433. The number of pyridine rings is 1. The third-order valence-corrected chi connectivity index (χ3v) is 5.42. The molecule has 0 bridgehead atoms. The third kappa shape index (κ3) is 4.80. The zero-order chi connectivity index (χ0) is 24.1. The standard InChI is InChI=1S/C25H24N5O4/c1-2-26-24(32)22(31)21(15-17-9-4-3-5-10-17)30(34)25(33)19-12-8-14-27-23(19)29-16-18-11-6-7-13-20(18)28-29/h3-14,16,21-22,31H,2,15H2,1H3,(H,26,32)/q-1. The number of nitrogens with one attached hydrogen (secondary N) is 1. The topological polar surface area (TPSA) is 123 Å². The van der Waals surface area contributed by atoms with Crippen molar-refractivity contribution >= 4 is 22.7 Å². The molecule has 4 rings (SSSR count). The average Bonchev–Trinajstić information content (AvgIpc) is 3.31. The molecule has 0 spiro atoms. The molecule has 9 nitrogen and oxygen atoms in total. The van der Waals surface area contributed by atoms with E-state index in [0.29, 0.717) is 11.1 Å². The van der Waals surface area contributed by atoms with E-state index in [2.05, 4.69) is 15.4 Å². The smallest absolute Gasteiger partial charge is 0.250 e. The number of carbonyl (C=O) groups is 2. The minimum Gasteiger partial charge on any atom is -0.756 e. The summed E-state index contributed by atoms with van der Waals surface area (Å²) in [5.74, 6) is -1.47. The van der Waals surface area contributed by atoms with Crippen molar-refractivity contribution < 1.29 is 14.7 Å². The van der Waals surface area contributed by atoms with E-state index in [-0.39, 0.29) is 29.4 Å². The number of aliphatic hydroxyl groups excluding tert-OH is 1. The van der Waals surface area contributed by atoms with E-state index in [1.165, 1.54) is 16.9 Å². The molecule has 0 aliphatic carbocycles. The van der Waals surface area contributed by atoms with Crippen LogP contribution in [0, 0.1) is 5.21 Å². The highest BCUT2D eigenvalue weighted by molar-refractivity contribution is 5.98. The number of hydrogen-bond acceptors (Lipinski definition) is 6. The largest absolute Gasteiger partial charge is 0.756 e.